The van der Waals surface area contributed by atoms with Crippen molar-refractivity contribution in [2.75, 3.05) is 20.3 Å². The van der Waals surface area contributed by atoms with E-state index in [-0.39, 0.29) is 12.0 Å². The molecule has 0 radical (unpaired) electrons. The maximum atomic E-state index is 12.5. The summed E-state index contributed by atoms with van der Waals surface area (Å²) in [6.07, 6.45) is 3.92. The fraction of sp³-hybridized carbons (Fsp3) is 0.304. The molecule has 0 aliphatic carbocycles. The number of benzene rings is 2. The van der Waals surface area contributed by atoms with Gasteiger partial charge in [-0.2, -0.15) is 5.10 Å². The Bertz CT molecular complexity index is 1050. The van der Waals surface area contributed by atoms with Gasteiger partial charge in [0.25, 0.3) is 5.91 Å². The van der Waals surface area contributed by atoms with Gasteiger partial charge in [0.1, 0.15) is 6.61 Å². The van der Waals surface area contributed by atoms with Crippen molar-refractivity contribution in [3.8, 4) is 17.2 Å². The molecule has 1 N–H and O–H groups in total. The molecule has 1 aromatic heterocycles. The summed E-state index contributed by atoms with van der Waals surface area (Å²) in [5, 5.41) is 7.77. The van der Waals surface area contributed by atoms with Crippen molar-refractivity contribution in [2.24, 2.45) is 0 Å². The summed E-state index contributed by atoms with van der Waals surface area (Å²) in [7, 11) is 1.60. The molecule has 1 amide bonds. The van der Waals surface area contributed by atoms with Gasteiger partial charge in [0.15, 0.2) is 17.2 Å². The van der Waals surface area contributed by atoms with Gasteiger partial charge < -0.3 is 19.5 Å². The van der Waals surface area contributed by atoms with Gasteiger partial charge in [0.05, 0.1) is 23.9 Å². The largest absolute Gasteiger partial charge is 0.493 e. The number of ether oxygens (including phenoxy) is 3. The highest BCUT2D eigenvalue weighted by molar-refractivity contribution is 6.32. The summed E-state index contributed by atoms with van der Waals surface area (Å²) in [5.74, 6) is 1.00. The number of methoxy groups -OCH3 is 1. The van der Waals surface area contributed by atoms with Crippen molar-refractivity contribution in [1.29, 1.82) is 0 Å². The lowest BCUT2D eigenvalue weighted by Crippen LogP contribution is -2.23. The van der Waals surface area contributed by atoms with Crippen LogP contribution < -0.4 is 14.8 Å². The second-order valence-electron chi connectivity index (χ2n) is 7.21. The number of amides is 1. The lowest BCUT2D eigenvalue weighted by molar-refractivity contribution is 0.0669. The lowest BCUT2D eigenvalue weighted by atomic mass is 10.2. The minimum atomic E-state index is -0.275. The molecule has 8 heteroatoms. The molecule has 7 nitrogen and oxygen atoms in total. The Labute approximate surface area is 185 Å². The summed E-state index contributed by atoms with van der Waals surface area (Å²) in [5.41, 5.74) is 1.91. The number of halogens is 1. The topological polar surface area (TPSA) is 74.6 Å². The number of para-hydroxylation sites is 1. The van der Waals surface area contributed by atoms with E-state index in [0.717, 1.165) is 25.0 Å². The molecule has 3 aromatic rings. The molecule has 162 valence electrons. The average molecular weight is 442 g/mol. The van der Waals surface area contributed by atoms with E-state index in [9.17, 15) is 4.79 Å². The molecule has 2 heterocycles. The molecule has 1 aliphatic rings. The molecular formula is C23H24ClN3O4. The zero-order valence-corrected chi connectivity index (χ0v) is 18.0. The van der Waals surface area contributed by atoms with E-state index in [1.54, 1.807) is 30.1 Å². The molecule has 1 aliphatic heterocycles. The highest BCUT2D eigenvalue weighted by Crippen LogP contribution is 2.29. The van der Waals surface area contributed by atoms with Crippen LogP contribution in [0, 0.1) is 0 Å². The van der Waals surface area contributed by atoms with Gasteiger partial charge in [-0.15, -0.1) is 0 Å². The van der Waals surface area contributed by atoms with Crippen LogP contribution in [0.25, 0.3) is 5.69 Å². The average Bonchev–Trinajstić information content (AvgIpc) is 3.49. The van der Waals surface area contributed by atoms with Crippen LogP contribution >= 0.6 is 11.6 Å². The van der Waals surface area contributed by atoms with E-state index < -0.39 is 0 Å². The van der Waals surface area contributed by atoms with Crippen LogP contribution in [-0.2, 0) is 11.3 Å². The molecule has 1 atom stereocenters. The summed E-state index contributed by atoms with van der Waals surface area (Å²) in [4.78, 5) is 12.5. The first kappa shape index (κ1) is 21.2. The number of carbonyl (C=O) groups is 1. The Hall–Kier alpha value is -3.03. The number of nitrogens with one attached hydrogen (secondary N) is 1. The van der Waals surface area contributed by atoms with Crippen molar-refractivity contribution in [3.05, 3.63) is 71.0 Å². The molecular weight excluding hydrogens is 418 g/mol. The predicted molar refractivity (Wildman–Crippen MR) is 117 cm³/mol. The fourth-order valence-corrected chi connectivity index (χ4v) is 3.61. The van der Waals surface area contributed by atoms with Crippen molar-refractivity contribution in [1.82, 2.24) is 15.1 Å². The van der Waals surface area contributed by atoms with Crippen LogP contribution in [0.1, 0.15) is 28.9 Å². The van der Waals surface area contributed by atoms with E-state index in [0.29, 0.717) is 41.1 Å². The SMILES string of the molecule is COc1cc(CNC(=O)c2ccn(-c3ccccc3Cl)n2)ccc1OCC1CCCO1. The smallest absolute Gasteiger partial charge is 0.272 e. The second-order valence-corrected chi connectivity index (χ2v) is 7.62. The van der Waals surface area contributed by atoms with Gasteiger partial charge >= 0.3 is 0 Å². The van der Waals surface area contributed by atoms with E-state index in [4.69, 9.17) is 25.8 Å². The highest BCUT2D eigenvalue weighted by Gasteiger charge is 2.17. The minimum Gasteiger partial charge on any atom is -0.493 e. The molecule has 31 heavy (non-hydrogen) atoms. The third kappa shape index (κ3) is 5.18. The number of hydrogen-bond acceptors (Lipinski definition) is 5. The van der Waals surface area contributed by atoms with Gasteiger partial charge in [0, 0.05) is 19.3 Å². The first-order valence-corrected chi connectivity index (χ1v) is 10.5. The van der Waals surface area contributed by atoms with Crippen molar-refractivity contribution in [3.63, 3.8) is 0 Å². The molecule has 2 aromatic carbocycles. The van der Waals surface area contributed by atoms with Crippen molar-refractivity contribution in [2.45, 2.75) is 25.5 Å². The number of nitrogens with zero attached hydrogens (tertiary/aromatic N) is 2. The van der Waals surface area contributed by atoms with Crippen molar-refractivity contribution < 1.29 is 19.0 Å². The van der Waals surface area contributed by atoms with Gasteiger partial charge in [-0.05, 0) is 48.7 Å². The van der Waals surface area contributed by atoms with Gasteiger partial charge in [0.2, 0.25) is 0 Å². The van der Waals surface area contributed by atoms with E-state index >= 15 is 0 Å². The molecule has 4 rings (SSSR count). The number of aromatic nitrogens is 2. The fourth-order valence-electron chi connectivity index (χ4n) is 3.39. The van der Waals surface area contributed by atoms with Crippen LogP contribution in [0.4, 0.5) is 0 Å². The molecule has 0 spiro atoms. The Balaban J connectivity index is 1.36. The third-order valence-corrected chi connectivity index (χ3v) is 5.37. The third-order valence-electron chi connectivity index (χ3n) is 5.05. The monoisotopic (exact) mass is 441 g/mol. The molecule has 0 saturated carbocycles. The number of carbonyl (C=O) groups excluding carboxylic acids is 1. The lowest BCUT2D eigenvalue weighted by Gasteiger charge is -2.15. The van der Waals surface area contributed by atoms with Crippen molar-refractivity contribution >= 4 is 17.5 Å². The zero-order valence-electron chi connectivity index (χ0n) is 17.2. The number of hydrogen-bond donors (Lipinski definition) is 1. The molecule has 1 fully saturated rings. The molecule has 0 bridgehead atoms. The van der Waals surface area contributed by atoms with E-state index in [1.807, 2.05) is 36.4 Å². The normalized spacial score (nSPS) is 15.6. The van der Waals surface area contributed by atoms with Gasteiger partial charge in [-0.3, -0.25) is 4.79 Å². The Morgan fingerprint density at radius 1 is 1.26 bits per heavy atom. The van der Waals surface area contributed by atoms with Crippen LogP contribution in [0.3, 0.4) is 0 Å². The number of rotatable bonds is 8. The van der Waals surface area contributed by atoms with E-state index in [2.05, 4.69) is 10.4 Å². The predicted octanol–water partition coefficient (Wildman–Crippen LogP) is 4.02. The quantitative estimate of drug-likeness (QED) is 0.571. The van der Waals surface area contributed by atoms with E-state index in [1.165, 1.54) is 0 Å². The summed E-state index contributed by atoms with van der Waals surface area (Å²) >= 11 is 6.20. The van der Waals surface area contributed by atoms with Crippen LogP contribution in [0.15, 0.2) is 54.7 Å². The summed E-state index contributed by atoms with van der Waals surface area (Å²) in [6, 6.07) is 14.6. The standard InChI is InChI=1S/C23H24ClN3O4/c1-29-22-13-16(8-9-21(22)31-15-17-5-4-12-30-17)14-25-23(28)19-10-11-27(26-19)20-7-3-2-6-18(20)24/h2-3,6-11,13,17H,4-5,12,14-15H2,1H3,(H,25,28). The first-order valence-electron chi connectivity index (χ1n) is 10.1. The highest BCUT2D eigenvalue weighted by atomic mass is 35.5. The Kier molecular flexibility index (Phi) is 6.74. The second kappa shape index (κ2) is 9.85. The van der Waals surface area contributed by atoms with Gasteiger partial charge in [-0.25, -0.2) is 4.68 Å². The molecule has 1 unspecified atom stereocenters. The van der Waals surface area contributed by atoms with Crippen LogP contribution in [0.5, 0.6) is 11.5 Å². The summed E-state index contributed by atoms with van der Waals surface area (Å²) < 4.78 is 18.5. The maximum Gasteiger partial charge on any atom is 0.272 e. The maximum absolute atomic E-state index is 12.5. The van der Waals surface area contributed by atoms with Crippen LogP contribution in [0.2, 0.25) is 5.02 Å². The Morgan fingerprint density at radius 2 is 2.13 bits per heavy atom. The minimum absolute atomic E-state index is 0.134. The first-order chi connectivity index (χ1) is 15.1. The van der Waals surface area contributed by atoms with Gasteiger partial charge in [-0.1, -0.05) is 29.8 Å². The van der Waals surface area contributed by atoms with Crippen LogP contribution in [-0.4, -0.2) is 42.1 Å². The summed E-state index contributed by atoms with van der Waals surface area (Å²) in [6.45, 7) is 1.63. The molecule has 1 saturated heterocycles. The zero-order chi connectivity index (χ0) is 21.6. The Morgan fingerprint density at radius 3 is 2.90 bits per heavy atom.